The van der Waals surface area contributed by atoms with Gasteiger partial charge in [0.15, 0.2) is 0 Å². The zero-order valence-electron chi connectivity index (χ0n) is 7.15. The number of carbonyl (C=O) groups is 1. The van der Waals surface area contributed by atoms with Gasteiger partial charge in [-0.05, 0) is 13.0 Å². The standard InChI is InChI=1S/C8H12O4/c1-6-7(11-5-10-2)3-4-8(9)12-6/h3-4,6-7H,5H2,1-2H3/t6-,7-/m0/s1. The largest absolute Gasteiger partial charge is 0.456 e. The van der Waals surface area contributed by atoms with Crippen LogP contribution in [-0.4, -0.2) is 32.1 Å². The first kappa shape index (κ1) is 9.22. The fourth-order valence-electron chi connectivity index (χ4n) is 0.957. The molecule has 1 aliphatic rings. The van der Waals surface area contributed by atoms with Gasteiger partial charge in [-0.3, -0.25) is 0 Å². The molecule has 0 radical (unpaired) electrons. The summed E-state index contributed by atoms with van der Waals surface area (Å²) in [6.45, 7) is 1.98. The summed E-state index contributed by atoms with van der Waals surface area (Å²) in [6, 6.07) is 0. The second kappa shape index (κ2) is 4.23. The van der Waals surface area contributed by atoms with Crippen molar-refractivity contribution in [3.8, 4) is 0 Å². The predicted molar refractivity (Wildman–Crippen MR) is 41.4 cm³/mol. The Morgan fingerprint density at radius 2 is 2.42 bits per heavy atom. The monoisotopic (exact) mass is 172 g/mol. The number of cyclic esters (lactones) is 1. The number of methoxy groups -OCH3 is 1. The third kappa shape index (κ3) is 2.32. The smallest absolute Gasteiger partial charge is 0.330 e. The van der Waals surface area contributed by atoms with Gasteiger partial charge >= 0.3 is 5.97 Å². The van der Waals surface area contributed by atoms with Gasteiger partial charge in [0.2, 0.25) is 0 Å². The highest BCUT2D eigenvalue weighted by Gasteiger charge is 2.22. The maximum absolute atomic E-state index is 10.7. The molecule has 0 fully saturated rings. The molecule has 68 valence electrons. The molecule has 0 saturated carbocycles. The van der Waals surface area contributed by atoms with Crippen LogP contribution in [0.4, 0.5) is 0 Å². The van der Waals surface area contributed by atoms with E-state index in [4.69, 9.17) is 14.2 Å². The molecule has 0 amide bonds. The van der Waals surface area contributed by atoms with Gasteiger partial charge < -0.3 is 14.2 Å². The van der Waals surface area contributed by atoms with Crippen molar-refractivity contribution in [3.63, 3.8) is 0 Å². The van der Waals surface area contributed by atoms with E-state index in [-0.39, 0.29) is 25.0 Å². The molecule has 2 atom stereocenters. The van der Waals surface area contributed by atoms with Crippen LogP contribution < -0.4 is 0 Å². The van der Waals surface area contributed by atoms with Crippen molar-refractivity contribution in [1.82, 2.24) is 0 Å². The molecule has 0 spiro atoms. The van der Waals surface area contributed by atoms with E-state index in [0.29, 0.717) is 0 Å². The second-order valence-electron chi connectivity index (χ2n) is 2.54. The summed E-state index contributed by atoms with van der Waals surface area (Å²) in [5.41, 5.74) is 0. The van der Waals surface area contributed by atoms with Crippen molar-refractivity contribution in [2.45, 2.75) is 19.1 Å². The number of rotatable bonds is 3. The maximum atomic E-state index is 10.7. The van der Waals surface area contributed by atoms with Crippen LogP contribution >= 0.6 is 0 Å². The number of carbonyl (C=O) groups excluding carboxylic acids is 1. The lowest BCUT2D eigenvalue weighted by molar-refractivity contribution is -0.156. The maximum Gasteiger partial charge on any atom is 0.330 e. The number of hydrogen-bond donors (Lipinski definition) is 0. The number of esters is 1. The molecule has 12 heavy (non-hydrogen) atoms. The molecule has 0 saturated heterocycles. The van der Waals surface area contributed by atoms with Crippen LogP contribution in [-0.2, 0) is 19.0 Å². The Hall–Kier alpha value is -0.870. The highest BCUT2D eigenvalue weighted by Crippen LogP contribution is 2.11. The lowest BCUT2D eigenvalue weighted by Crippen LogP contribution is -2.33. The van der Waals surface area contributed by atoms with Crippen LogP contribution in [0.2, 0.25) is 0 Å². The molecule has 4 heteroatoms. The summed E-state index contributed by atoms with van der Waals surface area (Å²) < 4.78 is 14.8. The Morgan fingerprint density at radius 1 is 1.67 bits per heavy atom. The van der Waals surface area contributed by atoms with Crippen molar-refractivity contribution in [1.29, 1.82) is 0 Å². The van der Waals surface area contributed by atoms with Crippen LogP contribution in [0.25, 0.3) is 0 Å². The van der Waals surface area contributed by atoms with Crippen molar-refractivity contribution in [3.05, 3.63) is 12.2 Å². The SMILES string of the molecule is COCO[C@H]1C=CC(=O)O[C@H]1C. The van der Waals surface area contributed by atoms with E-state index >= 15 is 0 Å². The van der Waals surface area contributed by atoms with Gasteiger partial charge in [-0.2, -0.15) is 0 Å². The van der Waals surface area contributed by atoms with Gasteiger partial charge in [-0.1, -0.05) is 0 Å². The highest BCUT2D eigenvalue weighted by atomic mass is 16.7. The van der Waals surface area contributed by atoms with Crippen molar-refractivity contribution < 1.29 is 19.0 Å². The van der Waals surface area contributed by atoms with E-state index in [0.717, 1.165) is 0 Å². The van der Waals surface area contributed by atoms with Gasteiger partial charge in [0.05, 0.1) is 0 Å². The summed E-state index contributed by atoms with van der Waals surface area (Å²) >= 11 is 0. The molecule has 0 aliphatic carbocycles. The summed E-state index contributed by atoms with van der Waals surface area (Å²) in [5, 5.41) is 0. The number of ether oxygens (including phenoxy) is 3. The van der Waals surface area contributed by atoms with Crippen molar-refractivity contribution >= 4 is 5.97 Å². The molecule has 0 bridgehead atoms. The molecular weight excluding hydrogens is 160 g/mol. The lowest BCUT2D eigenvalue weighted by Gasteiger charge is -2.23. The zero-order chi connectivity index (χ0) is 8.97. The quantitative estimate of drug-likeness (QED) is 0.458. The van der Waals surface area contributed by atoms with E-state index in [2.05, 4.69) is 0 Å². The van der Waals surface area contributed by atoms with E-state index in [1.165, 1.54) is 6.08 Å². The Bertz CT molecular complexity index is 187. The zero-order valence-corrected chi connectivity index (χ0v) is 7.15. The van der Waals surface area contributed by atoms with Gasteiger partial charge in [0.1, 0.15) is 19.0 Å². The van der Waals surface area contributed by atoms with E-state index < -0.39 is 0 Å². The molecule has 0 N–H and O–H groups in total. The third-order valence-electron chi connectivity index (χ3n) is 1.57. The molecule has 4 nitrogen and oxygen atoms in total. The Morgan fingerprint density at radius 3 is 3.00 bits per heavy atom. The molecule has 1 rings (SSSR count). The highest BCUT2D eigenvalue weighted by molar-refractivity contribution is 5.83. The fraction of sp³-hybridized carbons (Fsp3) is 0.625. The lowest BCUT2D eigenvalue weighted by atomic mass is 10.2. The predicted octanol–water partition coefficient (Wildman–Crippen LogP) is 0.477. The van der Waals surface area contributed by atoms with Crippen molar-refractivity contribution in [2.75, 3.05) is 13.9 Å². The Labute approximate surface area is 71.1 Å². The summed E-state index contributed by atoms with van der Waals surface area (Å²) in [6.07, 6.45) is 2.61. The normalized spacial score (nSPS) is 28.7. The van der Waals surface area contributed by atoms with Crippen LogP contribution in [0.1, 0.15) is 6.92 Å². The average molecular weight is 172 g/mol. The Balaban J connectivity index is 2.43. The summed E-state index contributed by atoms with van der Waals surface area (Å²) in [4.78, 5) is 10.7. The van der Waals surface area contributed by atoms with Crippen LogP contribution in [0, 0.1) is 0 Å². The van der Waals surface area contributed by atoms with E-state index in [1.807, 2.05) is 0 Å². The van der Waals surface area contributed by atoms with Crippen molar-refractivity contribution in [2.24, 2.45) is 0 Å². The molecule has 0 aromatic carbocycles. The van der Waals surface area contributed by atoms with Crippen LogP contribution in [0.5, 0.6) is 0 Å². The first-order chi connectivity index (χ1) is 5.74. The van der Waals surface area contributed by atoms with Gasteiger partial charge in [0.25, 0.3) is 0 Å². The Kier molecular flexibility index (Phi) is 3.25. The summed E-state index contributed by atoms with van der Waals surface area (Å²) in [5.74, 6) is -0.320. The average Bonchev–Trinajstić information content (AvgIpc) is 2.03. The van der Waals surface area contributed by atoms with Gasteiger partial charge in [-0.25, -0.2) is 4.79 Å². The van der Waals surface area contributed by atoms with Gasteiger partial charge in [0, 0.05) is 13.2 Å². The van der Waals surface area contributed by atoms with E-state index in [9.17, 15) is 4.79 Å². The van der Waals surface area contributed by atoms with Crippen LogP contribution in [0.3, 0.4) is 0 Å². The molecule has 0 aromatic heterocycles. The molecule has 0 aromatic rings. The topological polar surface area (TPSA) is 44.8 Å². The summed E-state index contributed by atoms with van der Waals surface area (Å²) in [7, 11) is 1.54. The molecule has 1 aliphatic heterocycles. The third-order valence-corrected chi connectivity index (χ3v) is 1.57. The minimum atomic E-state index is -0.320. The molecule has 0 unspecified atom stereocenters. The number of hydrogen-bond acceptors (Lipinski definition) is 4. The minimum Gasteiger partial charge on any atom is -0.456 e. The van der Waals surface area contributed by atoms with Crippen LogP contribution in [0.15, 0.2) is 12.2 Å². The first-order valence-corrected chi connectivity index (χ1v) is 3.73. The molecule has 1 heterocycles. The first-order valence-electron chi connectivity index (χ1n) is 3.73. The minimum absolute atomic E-state index is 0.192. The second-order valence-corrected chi connectivity index (χ2v) is 2.54. The van der Waals surface area contributed by atoms with E-state index in [1.54, 1.807) is 20.1 Å². The van der Waals surface area contributed by atoms with Gasteiger partial charge in [-0.15, -0.1) is 0 Å². The fourth-order valence-corrected chi connectivity index (χ4v) is 0.957. The molecular formula is C8H12O4.